The lowest BCUT2D eigenvalue weighted by Gasteiger charge is -2.14. The fourth-order valence-electron chi connectivity index (χ4n) is 1.75. The highest BCUT2D eigenvalue weighted by molar-refractivity contribution is 5.40. The van der Waals surface area contributed by atoms with Gasteiger partial charge in [-0.3, -0.25) is 0 Å². The first kappa shape index (κ1) is 12.5. The quantitative estimate of drug-likeness (QED) is 0.894. The van der Waals surface area contributed by atoms with Gasteiger partial charge >= 0.3 is 0 Å². The van der Waals surface area contributed by atoms with E-state index in [9.17, 15) is 5.11 Å². The number of para-hydroxylation sites is 1. The second-order valence-electron chi connectivity index (χ2n) is 4.44. The minimum atomic E-state index is 0.206. The van der Waals surface area contributed by atoms with Crippen molar-refractivity contribution in [2.45, 2.75) is 6.54 Å². The van der Waals surface area contributed by atoms with Crippen LogP contribution in [0.1, 0.15) is 5.56 Å². The molecule has 0 aliphatic heterocycles. The molecule has 0 aliphatic rings. The van der Waals surface area contributed by atoms with Crippen LogP contribution in [0.5, 0.6) is 17.2 Å². The molecule has 0 bridgehead atoms. The Kier molecular flexibility index (Phi) is 3.85. The molecule has 0 aromatic heterocycles. The molecule has 3 heteroatoms. The first-order chi connectivity index (χ1) is 8.65. The summed E-state index contributed by atoms with van der Waals surface area (Å²) in [6.45, 7) is 0.814. The van der Waals surface area contributed by atoms with Crippen LogP contribution in [0.15, 0.2) is 48.5 Å². The number of phenols is 1. The van der Waals surface area contributed by atoms with Gasteiger partial charge in [0.1, 0.15) is 17.2 Å². The van der Waals surface area contributed by atoms with Crippen LogP contribution < -0.4 is 4.74 Å². The van der Waals surface area contributed by atoms with Gasteiger partial charge in [-0.25, -0.2) is 0 Å². The van der Waals surface area contributed by atoms with E-state index in [-0.39, 0.29) is 5.75 Å². The molecule has 0 atom stereocenters. The van der Waals surface area contributed by atoms with Crippen molar-refractivity contribution in [1.82, 2.24) is 4.90 Å². The van der Waals surface area contributed by atoms with Gasteiger partial charge in [0, 0.05) is 18.2 Å². The Hall–Kier alpha value is -2.00. The van der Waals surface area contributed by atoms with Crippen molar-refractivity contribution in [3.8, 4) is 17.2 Å². The molecular weight excluding hydrogens is 226 g/mol. The summed E-state index contributed by atoms with van der Waals surface area (Å²) < 4.78 is 5.80. The van der Waals surface area contributed by atoms with Crippen LogP contribution in [-0.2, 0) is 6.54 Å². The molecule has 1 N–H and O–H groups in total. The molecule has 94 valence electrons. The first-order valence-corrected chi connectivity index (χ1v) is 5.84. The van der Waals surface area contributed by atoms with E-state index in [2.05, 4.69) is 4.90 Å². The summed E-state index contributed by atoms with van der Waals surface area (Å²) >= 11 is 0. The molecule has 0 fully saturated rings. The highest BCUT2D eigenvalue weighted by Crippen LogP contribution is 2.27. The SMILES string of the molecule is CN(C)Cc1ccccc1Oc1cccc(O)c1. The van der Waals surface area contributed by atoms with Gasteiger partial charge in [-0.2, -0.15) is 0 Å². The predicted octanol–water partition coefficient (Wildman–Crippen LogP) is 3.25. The third-order valence-electron chi connectivity index (χ3n) is 2.50. The van der Waals surface area contributed by atoms with Crippen molar-refractivity contribution in [3.05, 3.63) is 54.1 Å². The predicted molar refractivity (Wildman–Crippen MR) is 72.0 cm³/mol. The zero-order chi connectivity index (χ0) is 13.0. The molecule has 3 nitrogen and oxygen atoms in total. The Morgan fingerprint density at radius 3 is 2.56 bits per heavy atom. The van der Waals surface area contributed by atoms with E-state index in [0.717, 1.165) is 17.9 Å². The average molecular weight is 243 g/mol. The van der Waals surface area contributed by atoms with Crippen molar-refractivity contribution in [1.29, 1.82) is 0 Å². The number of benzene rings is 2. The second-order valence-corrected chi connectivity index (χ2v) is 4.44. The third-order valence-corrected chi connectivity index (χ3v) is 2.50. The maximum absolute atomic E-state index is 9.42. The van der Waals surface area contributed by atoms with Crippen molar-refractivity contribution in [3.63, 3.8) is 0 Å². The molecule has 0 heterocycles. The molecule has 0 saturated heterocycles. The minimum Gasteiger partial charge on any atom is -0.508 e. The topological polar surface area (TPSA) is 32.7 Å². The minimum absolute atomic E-state index is 0.206. The van der Waals surface area contributed by atoms with Crippen molar-refractivity contribution >= 4 is 0 Å². The van der Waals surface area contributed by atoms with Crippen LogP contribution in [0.2, 0.25) is 0 Å². The Morgan fingerprint density at radius 1 is 1.06 bits per heavy atom. The van der Waals surface area contributed by atoms with Crippen molar-refractivity contribution < 1.29 is 9.84 Å². The first-order valence-electron chi connectivity index (χ1n) is 5.84. The van der Waals surface area contributed by atoms with E-state index in [4.69, 9.17) is 4.74 Å². The van der Waals surface area contributed by atoms with Gasteiger partial charge in [0.15, 0.2) is 0 Å². The Bertz CT molecular complexity index is 523. The molecule has 0 aliphatic carbocycles. The van der Waals surface area contributed by atoms with Crippen LogP contribution in [0.25, 0.3) is 0 Å². The maximum Gasteiger partial charge on any atom is 0.131 e. The lowest BCUT2D eigenvalue weighted by Crippen LogP contribution is -2.11. The van der Waals surface area contributed by atoms with Gasteiger partial charge in [-0.15, -0.1) is 0 Å². The molecule has 0 saturated carbocycles. The molecule has 0 spiro atoms. The van der Waals surface area contributed by atoms with E-state index in [1.165, 1.54) is 0 Å². The van der Waals surface area contributed by atoms with E-state index >= 15 is 0 Å². The van der Waals surface area contributed by atoms with Gasteiger partial charge in [-0.05, 0) is 32.3 Å². The number of hydrogen-bond donors (Lipinski definition) is 1. The molecule has 0 radical (unpaired) electrons. The highest BCUT2D eigenvalue weighted by Gasteiger charge is 2.05. The molecule has 0 unspecified atom stereocenters. The summed E-state index contributed by atoms with van der Waals surface area (Å²) in [6, 6.07) is 14.7. The van der Waals surface area contributed by atoms with Gasteiger partial charge in [0.05, 0.1) is 0 Å². The van der Waals surface area contributed by atoms with E-state index in [0.29, 0.717) is 5.75 Å². The van der Waals surface area contributed by atoms with Gasteiger partial charge in [0.2, 0.25) is 0 Å². The Morgan fingerprint density at radius 2 is 1.83 bits per heavy atom. The monoisotopic (exact) mass is 243 g/mol. The molecule has 2 aromatic carbocycles. The lowest BCUT2D eigenvalue weighted by atomic mass is 10.2. The molecule has 2 rings (SSSR count). The number of rotatable bonds is 4. The average Bonchev–Trinajstić information content (AvgIpc) is 2.31. The van der Waals surface area contributed by atoms with Crippen molar-refractivity contribution in [2.24, 2.45) is 0 Å². The normalized spacial score (nSPS) is 10.6. The van der Waals surface area contributed by atoms with Crippen LogP contribution in [0.4, 0.5) is 0 Å². The summed E-state index contributed by atoms with van der Waals surface area (Å²) in [6.07, 6.45) is 0. The molecule has 2 aromatic rings. The second kappa shape index (κ2) is 5.56. The molecule has 0 amide bonds. The van der Waals surface area contributed by atoms with Crippen LogP contribution in [0, 0.1) is 0 Å². The van der Waals surface area contributed by atoms with E-state index in [1.54, 1.807) is 18.2 Å². The summed E-state index contributed by atoms with van der Waals surface area (Å²) in [4.78, 5) is 2.09. The Balaban J connectivity index is 2.23. The van der Waals surface area contributed by atoms with Gasteiger partial charge in [-0.1, -0.05) is 24.3 Å². The molecular formula is C15H17NO2. The van der Waals surface area contributed by atoms with E-state index in [1.807, 2.05) is 44.4 Å². The van der Waals surface area contributed by atoms with Crippen LogP contribution in [-0.4, -0.2) is 24.1 Å². The van der Waals surface area contributed by atoms with Crippen LogP contribution in [0.3, 0.4) is 0 Å². The number of aromatic hydroxyl groups is 1. The zero-order valence-corrected chi connectivity index (χ0v) is 10.6. The number of ether oxygens (including phenoxy) is 1. The zero-order valence-electron chi connectivity index (χ0n) is 10.6. The smallest absolute Gasteiger partial charge is 0.131 e. The van der Waals surface area contributed by atoms with Crippen LogP contribution >= 0.6 is 0 Å². The summed E-state index contributed by atoms with van der Waals surface area (Å²) in [7, 11) is 4.04. The van der Waals surface area contributed by atoms with Gasteiger partial charge in [0.25, 0.3) is 0 Å². The summed E-state index contributed by atoms with van der Waals surface area (Å²) in [5.74, 6) is 1.66. The number of hydrogen-bond acceptors (Lipinski definition) is 3. The molecule has 18 heavy (non-hydrogen) atoms. The number of nitrogens with zero attached hydrogens (tertiary/aromatic N) is 1. The fraction of sp³-hybridized carbons (Fsp3) is 0.200. The third kappa shape index (κ3) is 3.25. The lowest BCUT2D eigenvalue weighted by molar-refractivity contribution is 0.388. The van der Waals surface area contributed by atoms with E-state index < -0.39 is 0 Å². The fourth-order valence-corrected chi connectivity index (χ4v) is 1.75. The largest absolute Gasteiger partial charge is 0.508 e. The highest BCUT2D eigenvalue weighted by atomic mass is 16.5. The summed E-state index contributed by atoms with van der Waals surface area (Å²) in [5.41, 5.74) is 1.12. The summed E-state index contributed by atoms with van der Waals surface area (Å²) in [5, 5.41) is 9.42. The standard InChI is InChI=1S/C15H17NO2/c1-16(2)11-12-6-3-4-9-15(12)18-14-8-5-7-13(17)10-14/h3-10,17H,11H2,1-2H3. The van der Waals surface area contributed by atoms with Crippen molar-refractivity contribution in [2.75, 3.05) is 14.1 Å². The number of phenolic OH excluding ortho intramolecular Hbond substituents is 1. The van der Waals surface area contributed by atoms with Gasteiger partial charge < -0.3 is 14.7 Å². The Labute approximate surface area is 107 Å². The maximum atomic E-state index is 9.42.